The van der Waals surface area contributed by atoms with E-state index in [1.165, 1.54) is 6.42 Å². The van der Waals surface area contributed by atoms with Crippen LogP contribution in [0.25, 0.3) is 0 Å². The molecule has 2 N–H and O–H groups in total. The van der Waals surface area contributed by atoms with Crippen LogP contribution in [0.1, 0.15) is 41.0 Å². The summed E-state index contributed by atoms with van der Waals surface area (Å²) < 4.78 is 0. The number of aromatic amines is 1. The summed E-state index contributed by atoms with van der Waals surface area (Å²) in [5.74, 6) is 0.931. The van der Waals surface area contributed by atoms with E-state index in [0.29, 0.717) is 0 Å². The number of carbonyl (C=O) groups is 1. The number of nitrogens with one attached hydrogen (secondary N) is 2. The molecule has 0 saturated carbocycles. The molecule has 1 saturated heterocycles. The van der Waals surface area contributed by atoms with Crippen molar-refractivity contribution < 1.29 is 4.79 Å². The van der Waals surface area contributed by atoms with E-state index < -0.39 is 0 Å². The quantitative estimate of drug-likeness (QED) is 0.897. The summed E-state index contributed by atoms with van der Waals surface area (Å²) in [5, 5.41) is 3.20. The van der Waals surface area contributed by atoms with Crippen LogP contribution in [0.5, 0.6) is 0 Å². The minimum absolute atomic E-state index is 0. The summed E-state index contributed by atoms with van der Waals surface area (Å²) in [6.45, 7) is 6.85. The van der Waals surface area contributed by atoms with Gasteiger partial charge in [-0.25, -0.2) is 0 Å². The number of hydrogen-bond donors (Lipinski definition) is 2. The lowest BCUT2D eigenvalue weighted by Gasteiger charge is -2.32. The highest BCUT2D eigenvalue weighted by atomic mass is 35.5. The molecule has 1 aliphatic rings. The molecule has 0 aliphatic carbocycles. The van der Waals surface area contributed by atoms with E-state index in [1.54, 1.807) is 0 Å². The average molecular weight is 300 g/mol. The smallest absolute Gasteiger partial charge is 0.270 e. The Balaban J connectivity index is 0.00000200. The number of aryl methyl sites for hydroxylation is 2. The number of carbonyl (C=O) groups excluding carboxylic acids is 1. The fourth-order valence-electron chi connectivity index (χ4n) is 2.88. The van der Waals surface area contributed by atoms with E-state index in [1.807, 2.05) is 31.9 Å². The first kappa shape index (κ1) is 17.1. The van der Waals surface area contributed by atoms with Gasteiger partial charge in [0, 0.05) is 18.8 Å². The lowest BCUT2D eigenvalue weighted by Crippen LogP contribution is -2.39. The Labute approximate surface area is 127 Å². The van der Waals surface area contributed by atoms with E-state index in [-0.39, 0.29) is 18.3 Å². The van der Waals surface area contributed by atoms with Gasteiger partial charge in [0.15, 0.2) is 0 Å². The van der Waals surface area contributed by atoms with Gasteiger partial charge >= 0.3 is 0 Å². The average Bonchev–Trinajstić information content (AvgIpc) is 2.75. The SMILES string of the molecule is CNCCC1CCN(C(=O)c2[nH]c(C)cc2C)CC1.Cl. The van der Waals surface area contributed by atoms with Gasteiger partial charge in [-0.15, -0.1) is 12.4 Å². The normalized spacial score (nSPS) is 16.1. The van der Waals surface area contributed by atoms with Gasteiger partial charge in [-0.05, 0) is 64.3 Å². The second kappa shape index (κ2) is 7.70. The summed E-state index contributed by atoms with van der Waals surface area (Å²) in [5.41, 5.74) is 2.88. The number of H-pyrrole nitrogens is 1. The maximum atomic E-state index is 12.4. The first-order chi connectivity index (χ1) is 9.11. The van der Waals surface area contributed by atoms with E-state index in [0.717, 1.165) is 55.3 Å². The largest absolute Gasteiger partial charge is 0.354 e. The highest BCUT2D eigenvalue weighted by Gasteiger charge is 2.24. The van der Waals surface area contributed by atoms with E-state index >= 15 is 0 Å². The zero-order valence-corrected chi connectivity index (χ0v) is 13.5. The number of aromatic nitrogens is 1. The van der Waals surface area contributed by atoms with Crippen molar-refractivity contribution >= 4 is 18.3 Å². The van der Waals surface area contributed by atoms with E-state index in [4.69, 9.17) is 0 Å². The minimum atomic E-state index is 0. The fraction of sp³-hybridized carbons (Fsp3) is 0.667. The van der Waals surface area contributed by atoms with Crippen LogP contribution in [0, 0.1) is 19.8 Å². The number of piperidine rings is 1. The highest BCUT2D eigenvalue weighted by molar-refractivity contribution is 5.94. The first-order valence-electron chi connectivity index (χ1n) is 7.22. The number of nitrogens with zero attached hydrogens (tertiary/aromatic N) is 1. The van der Waals surface area contributed by atoms with Gasteiger partial charge in [0.05, 0.1) is 0 Å². The topological polar surface area (TPSA) is 48.1 Å². The van der Waals surface area contributed by atoms with Gasteiger partial charge < -0.3 is 15.2 Å². The predicted molar refractivity (Wildman–Crippen MR) is 84.7 cm³/mol. The van der Waals surface area contributed by atoms with Gasteiger partial charge in [0.1, 0.15) is 5.69 Å². The maximum Gasteiger partial charge on any atom is 0.270 e. The number of likely N-dealkylation sites (tertiary alicyclic amines) is 1. The van der Waals surface area contributed by atoms with Gasteiger partial charge in [-0.1, -0.05) is 0 Å². The molecule has 0 radical (unpaired) electrons. The molecule has 0 aromatic carbocycles. The zero-order chi connectivity index (χ0) is 13.8. The van der Waals surface area contributed by atoms with Crippen molar-refractivity contribution in [1.82, 2.24) is 15.2 Å². The van der Waals surface area contributed by atoms with Crippen LogP contribution in [0.3, 0.4) is 0 Å². The van der Waals surface area contributed by atoms with Crippen LogP contribution >= 0.6 is 12.4 Å². The molecule has 0 spiro atoms. The molecule has 114 valence electrons. The van der Waals surface area contributed by atoms with Crippen LogP contribution in [-0.4, -0.2) is 42.5 Å². The zero-order valence-electron chi connectivity index (χ0n) is 12.7. The summed E-state index contributed by atoms with van der Waals surface area (Å²) in [4.78, 5) is 17.6. The Kier molecular flexibility index (Phi) is 6.56. The minimum Gasteiger partial charge on any atom is -0.354 e. The van der Waals surface area contributed by atoms with Crippen LogP contribution in [0.2, 0.25) is 0 Å². The Bertz CT molecular complexity index is 436. The Morgan fingerprint density at radius 2 is 2.05 bits per heavy atom. The number of amides is 1. The molecule has 1 amide bonds. The summed E-state index contributed by atoms with van der Waals surface area (Å²) in [6.07, 6.45) is 3.48. The van der Waals surface area contributed by atoms with Gasteiger partial charge in [0.25, 0.3) is 5.91 Å². The summed E-state index contributed by atoms with van der Waals surface area (Å²) in [7, 11) is 2.00. The molecule has 1 aromatic heterocycles. The molecule has 5 heteroatoms. The molecule has 2 heterocycles. The van der Waals surface area contributed by atoms with Crippen molar-refractivity contribution in [2.45, 2.75) is 33.1 Å². The molecule has 0 bridgehead atoms. The number of halogens is 1. The molecule has 2 rings (SSSR count). The highest BCUT2D eigenvalue weighted by Crippen LogP contribution is 2.22. The third-order valence-electron chi connectivity index (χ3n) is 4.07. The van der Waals surface area contributed by atoms with Crippen molar-refractivity contribution in [3.63, 3.8) is 0 Å². The molecule has 0 unspecified atom stereocenters. The van der Waals surface area contributed by atoms with Crippen molar-refractivity contribution in [1.29, 1.82) is 0 Å². The first-order valence-corrected chi connectivity index (χ1v) is 7.22. The molecule has 1 aliphatic heterocycles. The Morgan fingerprint density at radius 1 is 1.40 bits per heavy atom. The second-order valence-electron chi connectivity index (χ2n) is 5.64. The van der Waals surface area contributed by atoms with Crippen LogP contribution in [0.15, 0.2) is 6.07 Å². The van der Waals surface area contributed by atoms with Crippen LogP contribution in [-0.2, 0) is 0 Å². The van der Waals surface area contributed by atoms with Gasteiger partial charge in [-0.2, -0.15) is 0 Å². The Morgan fingerprint density at radius 3 is 2.55 bits per heavy atom. The lowest BCUT2D eigenvalue weighted by atomic mass is 9.93. The second-order valence-corrected chi connectivity index (χ2v) is 5.64. The lowest BCUT2D eigenvalue weighted by molar-refractivity contribution is 0.0681. The number of rotatable bonds is 4. The number of hydrogen-bond acceptors (Lipinski definition) is 2. The summed E-state index contributed by atoms with van der Waals surface area (Å²) >= 11 is 0. The Hall–Kier alpha value is -1.00. The van der Waals surface area contributed by atoms with Crippen molar-refractivity contribution in [2.24, 2.45) is 5.92 Å². The fourth-order valence-corrected chi connectivity index (χ4v) is 2.88. The monoisotopic (exact) mass is 299 g/mol. The van der Waals surface area contributed by atoms with Crippen molar-refractivity contribution in [3.05, 3.63) is 23.0 Å². The van der Waals surface area contributed by atoms with Crippen LogP contribution in [0.4, 0.5) is 0 Å². The van der Waals surface area contributed by atoms with Crippen molar-refractivity contribution in [3.8, 4) is 0 Å². The van der Waals surface area contributed by atoms with Gasteiger partial charge in [0.2, 0.25) is 0 Å². The third kappa shape index (κ3) is 4.00. The van der Waals surface area contributed by atoms with E-state index in [2.05, 4.69) is 10.3 Å². The predicted octanol–water partition coefficient (Wildman–Crippen LogP) is 2.52. The molecular weight excluding hydrogens is 274 g/mol. The molecule has 0 atom stereocenters. The molecule has 1 aromatic rings. The third-order valence-corrected chi connectivity index (χ3v) is 4.07. The molecule has 1 fully saturated rings. The van der Waals surface area contributed by atoms with Crippen LogP contribution < -0.4 is 5.32 Å². The van der Waals surface area contributed by atoms with Crippen molar-refractivity contribution in [2.75, 3.05) is 26.7 Å². The summed E-state index contributed by atoms with van der Waals surface area (Å²) in [6, 6.07) is 2.03. The standard InChI is InChI=1S/C15H25N3O.ClH/c1-11-10-12(2)17-14(11)15(19)18-8-5-13(6-9-18)4-7-16-3;/h10,13,16-17H,4-9H2,1-3H3;1H. The molecular formula is C15H26ClN3O. The van der Waals surface area contributed by atoms with Gasteiger partial charge in [-0.3, -0.25) is 4.79 Å². The maximum absolute atomic E-state index is 12.4. The molecule has 20 heavy (non-hydrogen) atoms. The van der Waals surface area contributed by atoms with E-state index in [9.17, 15) is 4.79 Å². The molecule has 4 nitrogen and oxygen atoms in total.